The summed E-state index contributed by atoms with van der Waals surface area (Å²) in [5.74, 6) is -1.14. The van der Waals surface area contributed by atoms with Gasteiger partial charge in [0.25, 0.3) is 5.91 Å². The van der Waals surface area contributed by atoms with Gasteiger partial charge in [-0.1, -0.05) is 25.4 Å². The van der Waals surface area contributed by atoms with Crippen molar-refractivity contribution >= 4 is 45.2 Å². The molecule has 0 spiro atoms. The molecule has 12 heteroatoms. The predicted octanol–water partition coefficient (Wildman–Crippen LogP) is 1.41. The highest BCUT2D eigenvalue weighted by atomic mass is 35.5. The number of imide groups is 1. The normalized spacial score (nSPS) is 19.4. The molecule has 0 radical (unpaired) electrons. The highest BCUT2D eigenvalue weighted by molar-refractivity contribution is 7.89. The fourth-order valence-corrected chi connectivity index (χ4v) is 5.18. The van der Waals surface area contributed by atoms with Gasteiger partial charge in [-0.2, -0.15) is 4.31 Å². The topological polar surface area (TPSA) is 125 Å². The predicted molar refractivity (Wildman–Crippen MR) is 113 cm³/mol. The molecule has 0 bridgehead atoms. The van der Waals surface area contributed by atoms with E-state index < -0.39 is 40.0 Å². The molecule has 10 nitrogen and oxygen atoms in total. The lowest BCUT2D eigenvalue weighted by atomic mass is 9.93. The van der Waals surface area contributed by atoms with Crippen molar-refractivity contribution in [2.75, 3.05) is 38.2 Å². The second-order valence-electron chi connectivity index (χ2n) is 7.32. The van der Waals surface area contributed by atoms with Gasteiger partial charge in [-0.05, 0) is 31.0 Å². The lowest BCUT2D eigenvalue weighted by molar-refractivity contribution is -0.134. The van der Waals surface area contributed by atoms with Crippen LogP contribution in [0.1, 0.15) is 26.7 Å². The molecule has 2 saturated heterocycles. The van der Waals surface area contributed by atoms with Crippen molar-refractivity contribution in [3.63, 3.8) is 0 Å². The number of benzene rings is 1. The summed E-state index contributed by atoms with van der Waals surface area (Å²) in [4.78, 5) is 38.2. The monoisotopic (exact) mass is 472 g/mol. The highest BCUT2D eigenvalue weighted by Gasteiger charge is 2.49. The maximum absolute atomic E-state index is 12.8. The van der Waals surface area contributed by atoms with Crippen molar-refractivity contribution in [1.82, 2.24) is 14.5 Å². The number of ether oxygens (including phenoxy) is 1. The van der Waals surface area contributed by atoms with Crippen LogP contribution < -0.4 is 10.6 Å². The molecule has 1 aromatic rings. The molecule has 170 valence electrons. The van der Waals surface area contributed by atoms with Crippen LogP contribution in [0.15, 0.2) is 23.1 Å². The molecule has 0 saturated carbocycles. The molecule has 0 aliphatic carbocycles. The number of anilines is 1. The number of halogens is 1. The SMILES string of the molecule is CCC1(CC)NC(=O)N(CC(=O)Nc2cc(S(=O)(=O)N3CCOCC3)ccc2Cl)C1=O. The van der Waals surface area contributed by atoms with E-state index in [1.807, 2.05) is 0 Å². The summed E-state index contributed by atoms with van der Waals surface area (Å²) in [6.45, 7) is 4.13. The van der Waals surface area contributed by atoms with Gasteiger partial charge in [0.15, 0.2) is 0 Å². The molecular weight excluding hydrogens is 448 g/mol. The maximum atomic E-state index is 12.8. The molecule has 2 heterocycles. The zero-order chi connectivity index (χ0) is 22.8. The summed E-state index contributed by atoms with van der Waals surface area (Å²) in [6, 6.07) is 3.35. The van der Waals surface area contributed by atoms with Gasteiger partial charge in [0.2, 0.25) is 15.9 Å². The Hall–Kier alpha value is -2.21. The molecule has 0 atom stereocenters. The number of urea groups is 1. The summed E-state index contributed by atoms with van der Waals surface area (Å²) in [6.07, 6.45) is 0.804. The lowest BCUT2D eigenvalue weighted by Gasteiger charge is -2.26. The van der Waals surface area contributed by atoms with E-state index >= 15 is 0 Å². The zero-order valence-corrected chi connectivity index (χ0v) is 18.9. The van der Waals surface area contributed by atoms with E-state index in [-0.39, 0.29) is 28.7 Å². The van der Waals surface area contributed by atoms with Crippen LogP contribution in [0.3, 0.4) is 0 Å². The quantitative estimate of drug-likeness (QED) is 0.578. The van der Waals surface area contributed by atoms with Gasteiger partial charge in [0.05, 0.1) is 28.8 Å². The Morgan fingerprint density at radius 1 is 1.23 bits per heavy atom. The van der Waals surface area contributed by atoms with Crippen LogP contribution in [0, 0.1) is 0 Å². The van der Waals surface area contributed by atoms with E-state index in [0.29, 0.717) is 26.1 Å². The van der Waals surface area contributed by atoms with Gasteiger partial charge in [-0.25, -0.2) is 13.2 Å². The van der Waals surface area contributed by atoms with Crippen LogP contribution in [-0.2, 0) is 24.3 Å². The molecule has 4 amide bonds. The molecule has 2 aliphatic heterocycles. The fraction of sp³-hybridized carbons (Fsp3) is 0.526. The van der Waals surface area contributed by atoms with E-state index in [9.17, 15) is 22.8 Å². The Morgan fingerprint density at radius 2 is 1.87 bits per heavy atom. The second kappa shape index (κ2) is 9.11. The average molecular weight is 473 g/mol. The van der Waals surface area contributed by atoms with Crippen molar-refractivity contribution in [2.24, 2.45) is 0 Å². The Balaban J connectivity index is 1.75. The van der Waals surface area contributed by atoms with Gasteiger partial charge < -0.3 is 15.4 Å². The van der Waals surface area contributed by atoms with Gasteiger partial charge in [0, 0.05) is 13.1 Å². The molecular formula is C19H25ClN4O6S. The first-order valence-electron chi connectivity index (χ1n) is 9.96. The number of rotatable bonds is 7. The van der Waals surface area contributed by atoms with Crippen LogP contribution in [0.5, 0.6) is 0 Å². The number of carbonyl (C=O) groups excluding carboxylic acids is 3. The van der Waals surface area contributed by atoms with Gasteiger partial charge in [-0.15, -0.1) is 0 Å². The third-order valence-corrected chi connectivity index (χ3v) is 7.80. The number of morpholine rings is 1. The number of sulfonamides is 1. The standard InChI is InChI=1S/C19H25ClN4O6S/c1-3-19(4-2)17(26)24(18(27)22-19)12-16(25)21-15-11-13(5-6-14(15)20)31(28,29)23-7-9-30-10-8-23/h5-6,11H,3-4,7-10,12H2,1-2H3,(H,21,25)(H,22,27). The minimum atomic E-state index is -3.78. The molecule has 2 fully saturated rings. The van der Waals surface area contributed by atoms with Crippen LogP contribution in [0.25, 0.3) is 0 Å². The summed E-state index contributed by atoms with van der Waals surface area (Å²) >= 11 is 6.14. The van der Waals surface area contributed by atoms with E-state index in [4.69, 9.17) is 16.3 Å². The van der Waals surface area contributed by atoms with Crippen molar-refractivity contribution in [1.29, 1.82) is 0 Å². The van der Waals surface area contributed by atoms with Gasteiger partial charge in [0.1, 0.15) is 12.1 Å². The van der Waals surface area contributed by atoms with E-state index in [0.717, 1.165) is 4.90 Å². The molecule has 0 unspecified atom stereocenters. The molecule has 2 aliphatic rings. The average Bonchev–Trinajstić information content (AvgIpc) is 3.00. The second-order valence-corrected chi connectivity index (χ2v) is 9.66. The summed E-state index contributed by atoms with van der Waals surface area (Å²) in [7, 11) is -3.78. The van der Waals surface area contributed by atoms with Crippen LogP contribution >= 0.6 is 11.6 Å². The first-order chi connectivity index (χ1) is 14.6. The van der Waals surface area contributed by atoms with Gasteiger partial charge in [-0.3, -0.25) is 14.5 Å². The smallest absolute Gasteiger partial charge is 0.325 e. The first kappa shape index (κ1) is 23.5. The Kier molecular flexibility index (Phi) is 6.89. The Bertz CT molecular complexity index is 989. The summed E-state index contributed by atoms with van der Waals surface area (Å²) in [5, 5.41) is 5.28. The van der Waals surface area contributed by atoms with E-state index in [1.165, 1.54) is 22.5 Å². The number of hydrogen-bond acceptors (Lipinski definition) is 6. The number of nitrogens with one attached hydrogen (secondary N) is 2. The van der Waals surface area contributed by atoms with Crippen LogP contribution in [0.2, 0.25) is 5.02 Å². The number of carbonyl (C=O) groups is 3. The number of amides is 4. The van der Waals surface area contributed by atoms with Crippen molar-refractivity contribution in [3.8, 4) is 0 Å². The molecule has 3 rings (SSSR count). The summed E-state index contributed by atoms with van der Waals surface area (Å²) in [5.41, 5.74) is -0.938. The van der Waals surface area contributed by atoms with E-state index in [2.05, 4.69) is 10.6 Å². The summed E-state index contributed by atoms with van der Waals surface area (Å²) < 4.78 is 32.2. The third-order valence-electron chi connectivity index (χ3n) is 5.57. The van der Waals surface area contributed by atoms with Gasteiger partial charge >= 0.3 is 6.03 Å². The lowest BCUT2D eigenvalue weighted by Crippen LogP contribution is -2.46. The van der Waals surface area contributed by atoms with Crippen LogP contribution in [0.4, 0.5) is 10.5 Å². The highest BCUT2D eigenvalue weighted by Crippen LogP contribution is 2.28. The maximum Gasteiger partial charge on any atom is 0.325 e. The largest absolute Gasteiger partial charge is 0.379 e. The van der Waals surface area contributed by atoms with Crippen molar-refractivity contribution in [2.45, 2.75) is 37.1 Å². The molecule has 1 aromatic carbocycles. The molecule has 31 heavy (non-hydrogen) atoms. The Labute approximate surface area is 185 Å². The number of nitrogens with zero attached hydrogens (tertiary/aromatic N) is 2. The number of hydrogen-bond donors (Lipinski definition) is 2. The van der Waals surface area contributed by atoms with Crippen molar-refractivity contribution < 1.29 is 27.5 Å². The van der Waals surface area contributed by atoms with Crippen LogP contribution in [-0.4, -0.2) is 73.9 Å². The van der Waals surface area contributed by atoms with Crippen molar-refractivity contribution in [3.05, 3.63) is 23.2 Å². The Morgan fingerprint density at radius 3 is 2.45 bits per heavy atom. The third kappa shape index (κ3) is 4.54. The molecule has 2 N–H and O–H groups in total. The van der Waals surface area contributed by atoms with E-state index in [1.54, 1.807) is 13.8 Å². The zero-order valence-electron chi connectivity index (χ0n) is 17.3. The fourth-order valence-electron chi connectivity index (χ4n) is 3.58. The molecule has 0 aromatic heterocycles. The minimum Gasteiger partial charge on any atom is -0.379 e. The first-order valence-corrected chi connectivity index (χ1v) is 11.8. The minimum absolute atomic E-state index is 0.0277.